The summed E-state index contributed by atoms with van der Waals surface area (Å²) in [5, 5.41) is 0. The van der Waals surface area contributed by atoms with Gasteiger partial charge in [-0.1, -0.05) is 0 Å². The molecule has 1 aliphatic rings. The van der Waals surface area contributed by atoms with Crippen LogP contribution in [-0.2, 0) is 0 Å². The van der Waals surface area contributed by atoms with Gasteiger partial charge in [0.1, 0.15) is 0 Å². The summed E-state index contributed by atoms with van der Waals surface area (Å²) >= 11 is 0. The van der Waals surface area contributed by atoms with E-state index in [4.69, 9.17) is 5.73 Å². The summed E-state index contributed by atoms with van der Waals surface area (Å²) in [7, 11) is 4.21. The van der Waals surface area contributed by atoms with Crippen molar-refractivity contribution in [2.75, 3.05) is 64.0 Å². The first-order valence-corrected chi connectivity index (χ1v) is 7.50. The molecule has 0 spiro atoms. The van der Waals surface area contributed by atoms with E-state index in [1.807, 2.05) is 18.2 Å². The molecule has 0 aliphatic carbocycles. The van der Waals surface area contributed by atoms with Crippen molar-refractivity contribution in [3.05, 3.63) is 23.8 Å². The third kappa shape index (κ3) is 4.19. The van der Waals surface area contributed by atoms with Crippen LogP contribution in [0.4, 0.5) is 11.4 Å². The second-order valence-corrected chi connectivity index (χ2v) is 5.96. The van der Waals surface area contributed by atoms with Crippen molar-refractivity contribution in [2.45, 2.75) is 6.92 Å². The normalized spacial score (nSPS) is 16.5. The van der Waals surface area contributed by atoms with Crippen molar-refractivity contribution in [1.29, 1.82) is 0 Å². The van der Waals surface area contributed by atoms with Crippen molar-refractivity contribution in [1.82, 2.24) is 9.80 Å². The molecule has 0 atom stereocenters. The molecule has 0 amide bonds. The molecule has 0 saturated carbocycles. The fourth-order valence-corrected chi connectivity index (χ4v) is 2.64. The number of Topliss-reactive ketones (excluding diaryl/α,β-unsaturated/α-hetero) is 1. The zero-order chi connectivity index (χ0) is 15.4. The van der Waals surface area contributed by atoms with Crippen molar-refractivity contribution < 1.29 is 4.79 Å². The van der Waals surface area contributed by atoms with Crippen LogP contribution < -0.4 is 10.6 Å². The minimum Gasteiger partial charge on any atom is -0.398 e. The average molecular weight is 290 g/mol. The number of hydrogen-bond donors (Lipinski definition) is 1. The van der Waals surface area contributed by atoms with Crippen molar-refractivity contribution in [3.63, 3.8) is 0 Å². The van der Waals surface area contributed by atoms with Crippen LogP contribution in [0, 0.1) is 0 Å². The highest BCUT2D eigenvalue weighted by atomic mass is 16.1. The molecule has 0 unspecified atom stereocenters. The van der Waals surface area contributed by atoms with Crippen LogP contribution in [0.3, 0.4) is 0 Å². The van der Waals surface area contributed by atoms with Gasteiger partial charge in [-0.15, -0.1) is 0 Å². The summed E-state index contributed by atoms with van der Waals surface area (Å²) in [6, 6.07) is 5.76. The Hall–Kier alpha value is -1.59. The molecule has 0 bridgehead atoms. The predicted molar refractivity (Wildman–Crippen MR) is 88.1 cm³/mol. The second kappa shape index (κ2) is 6.91. The third-order valence-electron chi connectivity index (χ3n) is 4.02. The van der Waals surface area contributed by atoms with Gasteiger partial charge in [-0.05, 0) is 39.2 Å². The first-order chi connectivity index (χ1) is 9.97. The first-order valence-electron chi connectivity index (χ1n) is 7.50. The van der Waals surface area contributed by atoms with Crippen molar-refractivity contribution in [3.8, 4) is 0 Å². The fraction of sp³-hybridized carbons (Fsp3) is 0.562. The summed E-state index contributed by atoms with van der Waals surface area (Å²) < 4.78 is 0. The average Bonchev–Trinajstić information content (AvgIpc) is 2.45. The lowest BCUT2D eigenvalue weighted by Crippen LogP contribution is -2.48. The minimum atomic E-state index is 0.0209. The van der Waals surface area contributed by atoms with E-state index in [9.17, 15) is 4.79 Å². The summed E-state index contributed by atoms with van der Waals surface area (Å²) in [6.45, 7) is 7.92. The minimum absolute atomic E-state index is 0.0209. The zero-order valence-corrected chi connectivity index (χ0v) is 13.3. The molecule has 1 saturated heterocycles. The van der Waals surface area contributed by atoms with Gasteiger partial charge in [0, 0.05) is 56.2 Å². The number of ketones is 1. The quantitative estimate of drug-likeness (QED) is 0.651. The Kier molecular flexibility index (Phi) is 5.20. The van der Waals surface area contributed by atoms with Crippen LogP contribution in [0.25, 0.3) is 0 Å². The standard InChI is InChI=1S/C16H26N4O/c1-13(21)15-5-4-14(12-16(15)17)20-10-8-19(9-11-20)7-6-18(2)3/h4-5,12H,6-11,17H2,1-3H3. The van der Waals surface area contributed by atoms with Crippen LogP contribution >= 0.6 is 0 Å². The molecule has 1 aliphatic heterocycles. The maximum atomic E-state index is 11.4. The van der Waals surface area contributed by atoms with E-state index >= 15 is 0 Å². The molecule has 1 aromatic rings. The third-order valence-corrected chi connectivity index (χ3v) is 4.02. The van der Waals surface area contributed by atoms with E-state index in [1.165, 1.54) is 0 Å². The lowest BCUT2D eigenvalue weighted by Gasteiger charge is -2.36. The van der Waals surface area contributed by atoms with Crippen molar-refractivity contribution in [2.24, 2.45) is 0 Å². The smallest absolute Gasteiger partial charge is 0.161 e. The van der Waals surface area contributed by atoms with Gasteiger partial charge in [-0.3, -0.25) is 9.69 Å². The Bertz CT molecular complexity index is 493. The summed E-state index contributed by atoms with van der Waals surface area (Å²) in [5.41, 5.74) is 8.28. The van der Waals surface area contributed by atoms with E-state index in [0.717, 1.165) is 45.0 Å². The lowest BCUT2D eigenvalue weighted by molar-refractivity contribution is 0.101. The van der Waals surface area contributed by atoms with Crippen LogP contribution in [0.2, 0.25) is 0 Å². The Morgan fingerprint density at radius 3 is 2.43 bits per heavy atom. The highest BCUT2D eigenvalue weighted by Gasteiger charge is 2.18. The maximum Gasteiger partial charge on any atom is 0.161 e. The van der Waals surface area contributed by atoms with E-state index < -0.39 is 0 Å². The summed E-state index contributed by atoms with van der Waals surface area (Å²) in [4.78, 5) is 18.5. The molecule has 1 heterocycles. The number of carbonyl (C=O) groups excluding carboxylic acids is 1. The van der Waals surface area contributed by atoms with E-state index in [-0.39, 0.29) is 5.78 Å². The number of carbonyl (C=O) groups is 1. The van der Waals surface area contributed by atoms with Gasteiger partial charge in [0.2, 0.25) is 0 Å². The molecule has 1 aromatic carbocycles. The summed E-state index contributed by atoms with van der Waals surface area (Å²) in [5.74, 6) is 0.0209. The Balaban J connectivity index is 1.93. The molecular weight excluding hydrogens is 264 g/mol. The number of nitrogens with two attached hydrogens (primary N) is 1. The number of anilines is 2. The molecule has 1 fully saturated rings. The Morgan fingerprint density at radius 2 is 1.90 bits per heavy atom. The number of nitrogen functional groups attached to an aromatic ring is 1. The molecular formula is C16H26N4O. The molecule has 116 valence electrons. The monoisotopic (exact) mass is 290 g/mol. The number of nitrogens with zero attached hydrogens (tertiary/aromatic N) is 3. The predicted octanol–water partition coefficient (Wildman–Crippen LogP) is 1.15. The van der Waals surface area contributed by atoms with Crippen LogP contribution in [0.1, 0.15) is 17.3 Å². The van der Waals surface area contributed by atoms with Gasteiger partial charge in [0.25, 0.3) is 0 Å². The fourth-order valence-electron chi connectivity index (χ4n) is 2.64. The lowest BCUT2D eigenvalue weighted by atomic mass is 10.1. The first kappa shape index (κ1) is 15.8. The molecule has 21 heavy (non-hydrogen) atoms. The van der Waals surface area contributed by atoms with E-state index in [2.05, 4.69) is 28.8 Å². The second-order valence-electron chi connectivity index (χ2n) is 5.96. The van der Waals surface area contributed by atoms with Gasteiger partial charge in [-0.25, -0.2) is 0 Å². The van der Waals surface area contributed by atoms with Gasteiger partial charge < -0.3 is 15.5 Å². The van der Waals surface area contributed by atoms with Gasteiger partial charge in [0.15, 0.2) is 5.78 Å². The molecule has 5 nitrogen and oxygen atoms in total. The van der Waals surface area contributed by atoms with Gasteiger partial charge in [0.05, 0.1) is 0 Å². The van der Waals surface area contributed by atoms with E-state index in [1.54, 1.807) is 6.92 Å². The largest absolute Gasteiger partial charge is 0.398 e. The molecule has 2 rings (SSSR count). The van der Waals surface area contributed by atoms with Crippen molar-refractivity contribution >= 4 is 17.2 Å². The summed E-state index contributed by atoms with van der Waals surface area (Å²) in [6.07, 6.45) is 0. The molecule has 5 heteroatoms. The highest BCUT2D eigenvalue weighted by Crippen LogP contribution is 2.23. The van der Waals surface area contributed by atoms with Crippen LogP contribution in [-0.4, -0.2) is 68.9 Å². The zero-order valence-electron chi connectivity index (χ0n) is 13.3. The molecule has 0 radical (unpaired) electrons. The Labute approximate surface area is 127 Å². The highest BCUT2D eigenvalue weighted by molar-refractivity contribution is 5.99. The molecule has 2 N–H and O–H groups in total. The number of benzene rings is 1. The van der Waals surface area contributed by atoms with Crippen LogP contribution in [0.5, 0.6) is 0 Å². The Morgan fingerprint density at radius 1 is 1.24 bits per heavy atom. The number of rotatable bonds is 5. The number of hydrogen-bond acceptors (Lipinski definition) is 5. The van der Waals surface area contributed by atoms with Gasteiger partial charge in [-0.2, -0.15) is 0 Å². The molecule has 0 aromatic heterocycles. The van der Waals surface area contributed by atoms with Crippen LogP contribution in [0.15, 0.2) is 18.2 Å². The topological polar surface area (TPSA) is 52.8 Å². The maximum absolute atomic E-state index is 11.4. The number of piperazine rings is 1. The van der Waals surface area contributed by atoms with E-state index in [0.29, 0.717) is 11.3 Å². The number of likely N-dealkylation sites (N-methyl/N-ethyl adjacent to an activating group) is 1. The SMILES string of the molecule is CC(=O)c1ccc(N2CCN(CCN(C)C)CC2)cc1N. The van der Waals surface area contributed by atoms with Gasteiger partial charge >= 0.3 is 0 Å².